The van der Waals surface area contributed by atoms with Crippen LogP contribution in [0.25, 0.3) is 0 Å². The number of benzene rings is 2. The van der Waals surface area contributed by atoms with Crippen LogP contribution in [-0.2, 0) is 0 Å². The molecule has 0 saturated heterocycles. The molecule has 0 aliphatic heterocycles. The van der Waals surface area contributed by atoms with Gasteiger partial charge < -0.3 is 11.1 Å². The molecule has 0 aromatic heterocycles. The van der Waals surface area contributed by atoms with Gasteiger partial charge in [-0.25, -0.2) is 0 Å². The van der Waals surface area contributed by atoms with Gasteiger partial charge in [-0.05, 0) is 35.7 Å². The molecule has 0 heterocycles. The molecule has 0 fully saturated rings. The van der Waals surface area contributed by atoms with Gasteiger partial charge in [0, 0.05) is 22.9 Å². The minimum Gasteiger partial charge on any atom is -0.366 e. The Balaban J connectivity index is 2.16. The second kappa shape index (κ2) is 6.94. The smallest absolute Gasteiger partial charge is 0.248 e. The molecule has 0 radical (unpaired) electrons. The van der Waals surface area contributed by atoms with E-state index in [0.717, 1.165) is 11.4 Å². The Morgan fingerprint density at radius 2 is 1.64 bits per heavy atom. The number of nitrogens with one attached hydrogen (secondary N) is 1. The number of allylic oxidation sites excluding steroid dienone is 1. The third-order valence-corrected chi connectivity index (χ3v) is 3.68. The number of amides is 1. The summed E-state index contributed by atoms with van der Waals surface area (Å²) in [5.74, 6) is 0.221. The number of hydrogen-bond donors (Lipinski definition) is 2. The van der Waals surface area contributed by atoms with Gasteiger partial charge in [-0.1, -0.05) is 50.8 Å². The average Bonchev–Trinajstić information content (AvgIpc) is 2.48. The maximum Gasteiger partial charge on any atom is 0.248 e. The van der Waals surface area contributed by atoms with Gasteiger partial charge in [0.15, 0.2) is 0 Å². The van der Waals surface area contributed by atoms with Crippen LogP contribution in [0, 0.1) is 5.92 Å². The summed E-state index contributed by atoms with van der Waals surface area (Å²) in [6.07, 6.45) is 0. The molecule has 1 atom stereocenters. The lowest BCUT2D eigenvalue weighted by atomic mass is 9.86. The minimum atomic E-state index is -0.422. The SMILES string of the molecule is C=C(Nc1ccc(C(N)=O)cc1)C(c1ccccc1)C(C)C. The van der Waals surface area contributed by atoms with Crippen LogP contribution in [0.4, 0.5) is 5.69 Å². The van der Waals surface area contributed by atoms with Crippen molar-refractivity contribution >= 4 is 11.6 Å². The summed E-state index contributed by atoms with van der Waals surface area (Å²) in [4.78, 5) is 11.1. The standard InChI is InChI=1S/C19H22N2O/c1-13(2)18(15-7-5-4-6-8-15)14(3)21-17-11-9-16(10-12-17)19(20)22/h4-13,18,21H,3H2,1-2H3,(H2,20,22). The molecule has 0 saturated carbocycles. The second-order valence-corrected chi connectivity index (χ2v) is 5.72. The zero-order valence-electron chi connectivity index (χ0n) is 13.0. The molecule has 22 heavy (non-hydrogen) atoms. The summed E-state index contributed by atoms with van der Waals surface area (Å²) in [5, 5.41) is 3.34. The number of hydrogen-bond acceptors (Lipinski definition) is 2. The average molecular weight is 294 g/mol. The Bertz CT molecular complexity index is 645. The van der Waals surface area contributed by atoms with Crippen LogP contribution in [0.1, 0.15) is 35.7 Å². The maximum absolute atomic E-state index is 11.1. The predicted octanol–water partition coefficient (Wildman–Crippen LogP) is 4.15. The number of carbonyl (C=O) groups is 1. The fourth-order valence-electron chi connectivity index (χ4n) is 2.63. The Hall–Kier alpha value is -2.55. The van der Waals surface area contributed by atoms with E-state index in [4.69, 9.17) is 5.73 Å². The van der Waals surface area contributed by atoms with E-state index >= 15 is 0 Å². The number of rotatable bonds is 6. The van der Waals surface area contributed by atoms with Gasteiger partial charge in [-0.15, -0.1) is 0 Å². The molecule has 114 valence electrons. The molecule has 2 aromatic carbocycles. The first-order chi connectivity index (χ1) is 10.5. The maximum atomic E-state index is 11.1. The topological polar surface area (TPSA) is 55.1 Å². The lowest BCUT2D eigenvalue weighted by Gasteiger charge is -2.25. The monoisotopic (exact) mass is 294 g/mol. The highest BCUT2D eigenvalue weighted by molar-refractivity contribution is 5.93. The second-order valence-electron chi connectivity index (χ2n) is 5.72. The molecular formula is C19H22N2O. The van der Waals surface area contributed by atoms with E-state index in [2.05, 4.69) is 37.9 Å². The fourth-order valence-corrected chi connectivity index (χ4v) is 2.63. The molecule has 0 spiro atoms. The van der Waals surface area contributed by atoms with Crippen LogP contribution in [0.15, 0.2) is 66.9 Å². The number of anilines is 1. The third kappa shape index (κ3) is 3.76. The van der Waals surface area contributed by atoms with E-state index in [-0.39, 0.29) is 5.92 Å². The minimum absolute atomic E-state index is 0.219. The van der Waals surface area contributed by atoms with Crippen LogP contribution in [0.5, 0.6) is 0 Å². The van der Waals surface area contributed by atoms with E-state index in [1.54, 1.807) is 12.1 Å². The highest BCUT2D eigenvalue weighted by Gasteiger charge is 2.19. The zero-order chi connectivity index (χ0) is 16.1. The van der Waals surface area contributed by atoms with Gasteiger partial charge in [0.25, 0.3) is 0 Å². The van der Waals surface area contributed by atoms with Crippen molar-refractivity contribution in [1.29, 1.82) is 0 Å². The largest absolute Gasteiger partial charge is 0.366 e. The first-order valence-electron chi connectivity index (χ1n) is 7.39. The van der Waals surface area contributed by atoms with Gasteiger partial charge in [-0.2, -0.15) is 0 Å². The molecule has 2 aromatic rings. The predicted molar refractivity (Wildman–Crippen MR) is 91.7 cm³/mol. The van der Waals surface area contributed by atoms with Crippen LogP contribution < -0.4 is 11.1 Å². The first kappa shape index (κ1) is 15.8. The third-order valence-electron chi connectivity index (χ3n) is 3.68. The number of carbonyl (C=O) groups excluding carboxylic acids is 1. The van der Waals surface area contributed by atoms with E-state index in [0.29, 0.717) is 11.5 Å². The molecule has 1 unspecified atom stereocenters. The lowest BCUT2D eigenvalue weighted by molar-refractivity contribution is 0.100. The van der Waals surface area contributed by atoms with E-state index < -0.39 is 5.91 Å². The van der Waals surface area contributed by atoms with Gasteiger partial charge in [0.1, 0.15) is 0 Å². The highest BCUT2D eigenvalue weighted by Crippen LogP contribution is 2.31. The van der Waals surface area contributed by atoms with Crippen molar-refractivity contribution in [2.45, 2.75) is 19.8 Å². The van der Waals surface area contributed by atoms with Crippen molar-refractivity contribution in [3.63, 3.8) is 0 Å². The summed E-state index contributed by atoms with van der Waals surface area (Å²) < 4.78 is 0. The van der Waals surface area contributed by atoms with Crippen molar-refractivity contribution in [2.75, 3.05) is 5.32 Å². The quantitative estimate of drug-likeness (QED) is 0.841. The van der Waals surface area contributed by atoms with Crippen LogP contribution >= 0.6 is 0 Å². The van der Waals surface area contributed by atoms with Crippen molar-refractivity contribution in [3.05, 3.63) is 78.0 Å². The number of nitrogens with two attached hydrogens (primary N) is 1. The molecule has 0 bridgehead atoms. The molecule has 3 nitrogen and oxygen atoms in total. The van der Waals surface area contributed by atoms with E-state index in [9.17, 15) is 4.79 Å². The highest BCUT2D eigenvalue weighted by atomic mass is 16.1. The number of primary amides is 1. The molecule has 0 aliphatic rings. The Kier molecular flexibility index (Phi) is 4.99. The Labute approximate surface area is 131 Å². The fraction of sp³-hybridized carbons (Fsp3) is 0.211. The summed E-state index contributed by atoms with van der Waals surface area (Å²) in [6, 6.07) is 17.4. The Morgan fingerprint density at radius 3 is 2.14 bits per heavy atom. The zero-order valence-corrected chi connectivity index (χ0v) is 13.0. The summed E-state index contributed by atoms with van der Waals surface area (Å²) in [5.41, 5.74) is 8.83. The van der Waals surface area contributed by atoms with Crippen molar-refractivity contribution in [3.8, 4) is 0 Å². The summed E-state index contributed by atoms with van der Waals surface area (Å²) in [6.45, 7) is 8.57. The van der Waals surface area contributed by atoms with Crippen molar-refractivity contribution in [2.24, 2.45) is 11.7 Å². The molecule has 1 amide bonds. The molecule has 0 aliphatic carbocycles. The van der Waals surface area contributed by atoms with Gasteiger partial charge >= 0.3 is 0 Å². The van der Waals surface area contributed by atoms with Crippen LogP contribution in [0.3, 0.4) is 0 Å². The summed E-state index contributed by atoms with van der Waals surface area (Å²) >= 11 is 0. The van der Waals surface area contributed by atoms with Crippen molar-refractivity contribution < 1.29 is 4.79 Å². The van der Waals surface area contributed by atoms with Crippen LogP contribution in [-0.4, -0.2) is 5.91 Å². The van der Waals surface area contributed by atoms with Gasteiger partial charge in [-0.3, -0.25) is 4.79 Å². The van der Waals surface area contributed by atoms with E-state index in [1.165, 1.54) is 5.56 Å². The Morgan fingerprint density at radius 1 is 1.05 bits per heavy atom. The lowest BCUT2D eigenvalue weighted by Crippen LogP contribution is -2.15. The summed E-state index contributed by atoms with van der Waals surface area (Å²) in [7, 11) is 0. The van der Waals surface area contributed by atoms with Gasteiger partial charge in [0.2, 0.25) is 5.91 Å². The molecule has 3 heteroatoms. The normalized spacial score (nSPS) is 12.0. The molecular weight excluding hydrogens is 272 g/mol. The van der Waals surface area contributed by atoms with Crippen molar-refractivity contribution in [1.82, 2.24) is 0 Å². The van der Waals surface area contributed by atoms with Crippen LogP contribution in [0.2, 0.25) is 0 Å². The molecule has 3 N–H and O–H groups in total. The first-order valence-corrected chi connectivity index (χ1v) is 7.39. The van der Waals surface area contributed by atoms with E-state index in [1.807, 2.05) is 30.3 Å². The molecule has 2 rings (SSSR count). The van der Waals surface area contributed by atoms with Gasteiger partial charge in [0.05, 0.1) is 0 Å².